The van der Waals surface area contributed by atoms with Crippen LogP contribution in [0.5, 0.6) is 5.88 Å². The summed E-state index contributed by atoms with van der Waals surface area (Å²) in [5.74, 6) is 1.16. The van der Waals surface area contributed by atoms with Crippen molar-refractivity contribution in [2.45, 2.75) is 37.8 Å². The molecule has 1 aromatic carbocycles. The van der Waals surface area contributed by atoms with E-state index in [0.717, 1.165) is 25.0 Å². The van der Waals surface area contributed by atoms with Crippen molar-refractivity contribution >= 4 is 5.91 Å². The number of hydrogen-bond acceptors (Lipinski definition) is 4. The van der Waals surface area contributed by atoms with Crippen LogP contribution in [0.3, 0.4) is 0 Å². The summed E-state index contributed by atoms with van der Waals surface area (Å²) < 4.78 is 11.1. The first kappa shape index (κ1) is 17.0. The van der Waals surface area contributed by atoms with Crippen LogP contribution in [-0.2, 0) is 9.53 Å². The Hall–Kier alpha value is -2.40. The topological polar surface area (TPSA) is 60.5 Å². The maximum Gasteiger partial charge on any atom is 0.224 e. The molecule has 5 heteroatoms. The van der Waals surface area contributed by atoms with Gasteiger partial charge in [-0.05, 0) is 30.4 Å². The fourth-order valence-electron chi connectivity index (χ4n) is 3.45. The minimum absolute atomic E-state index is 0.0733. The molecular formula is C21H24N2O3. The lowest BCUT2D eigenvalue weighted by Gasteiger charge is -2.15. The number of amides is 1. The minimum Gasteiger partial charge on any atom is -0.472 e. The van der Waals surface area contributed by atoms with Crippen LogP contribution in [0, 0.1) is 5.92 Å². The summed E-state index contributed by atoms with van der Waals surface area (Å²) in [6.45, 7) is 3.36. The van der Waals surface area contributed by atoms with Gasteiger partial charge in [-0.15, -0.1) is 0 Å². The Kier molecular flexibility index (Phi) is 4.89. The molecule has 5 nitrogen and oxygen atoms in total. The largest absolute Gasteiger partial charge is 0.472 e. The lowest BCUT2D eigenvalue weighted by Crippen LogP contribution is -2.28. The number of nitrogens with zero attached hydrogens (tertiary/aromatic N) is 1. The minimum atomic E-state index is -0.0733. The monoisotopic (exact) mass is 352 g/mol. The van der Waals surface area contributed by atoms with Crippen molar-refractivity contribution in [3.63, 3.8) is 0 Å². The van der Waals surface area contributed by atoms with Crippen molar-refractivity contribution in [1.82, 2.24) is 10.3 Å². The molecule has 0 spiro atoms. The first-order valence-electron chi connectivity index (χ1n) is 9.26. The van der Waals surface area contributed by atoms with Gasteiger partial charge in [0.1, 0.15) is 6.10 Å². The van der Waals surface area contributed by atoms with Gasteiger partial charge in [0.05, 0.1) is 19.3 Å². The van der Waals surface area contributed by atoms with Crippen LogP contribution >= 0.6 is 0 Å². The molecule has 1 amide bonds. The van der Waals surface area contributed by atoms with Crippen molar-refractivity contribution < 1.29 is 14.3 Å². The molecule has 4 rings (SSSR count). The fraction of sp³-hybridized carbons (Fsp3) is 0.429. The molecule has 0 radical (unpaired) electrons. The average molecular weight is 352 g/mol. The number of rotatable bonds is 6. The van der Waals surface area contributed by atoms with E-state index in [-0.39, 0.29) is 24.0 Å². The third-order valence-corrected chi connectivity index (χ3v) is 5.15. The first-order chi connectivity index (χ1) is 12.7. The van der Waals surface area contributed by atoms with E-state index in [9.17, 15) is 4.79 Å². The van der Waals surface area contributed by atoms with Gasteiger partial charge in [0, 0.05) is 24.6 Å². The van der Waals surface area contributed by atoms with Crippen molar-refractivity contribution in [3.8, 4) is 5.88 Å². The highest BCUT2D eigenvalue weighted by molar-refractivity contribution is 5.83. The summed E-state index contributed by atoms with van der Waals surface area (Å²) in [5.41, 5.74) is 2.23. The van der Waals surface area contributed by atoms with Crippen molar-refractivity contribution in [3.05, 3.63) is 59.8 Å². The number of carbonyl (C=O) groups is 1. The van der Waals surface area contributed by atoms with E-state index in [4.69, 9.17) is 9.47 Å². The molecule has 0 bridgehead atoms. The molecule has 2 heterocycles. The number of carbonyl (C=O) groups excluding carboxylic acids is 1. The van der Waals surface area contributed by atoms with Gasteiger partial charge in [-0.25, -0.2) is 4.98 Å². The number of hydrogen-bond donors (Lipinski definition) is 1. The molecular weight excluding hydrogens is 328 g/mol. The van der Waals surface area contributed by atoms with Gasteiger partial charge in [-0.1, -0.05) is 36.4 Å². The van der Waals surface area contributed by atoms with Gasteiger partial charge in [0.25, 0.3) is 0 Å². The number of aromatic nitrogens is 1. The van der Waals surface area contributed by atoms with E-state index < -0.39 is 0 Å². The molecule has 1 saturated heterocycles. The Labute approximate surface area is 153 Å². The third-order valence-electron chi connectivity index (χ3n) is 5.15. The average Bonchev–Trinajstić information content (AvgIpc) is 3.32. The van der Waals surface area contributed by atoms with Crippen LogP contribution in [0.25, 0.3) is 0 Å². The Bertz CT molecular complexity index is 742. The molecule has 26 heavy (non-hydrogen) atoms. The summed E-state index contributed by atoms with van der Waals surface area (Å²) in [4.78, 5) is 16.9. The van der Waals surface area contributed by atoms with Gasteiger partial charge in [-0.2, -0.15) is 0 Å². The molecule has 2 aromatic rings. The van der Waals surface area contributed by atoms with Crippen LogP contribution in [-0.4, -0.2) is 30.2 Å². The lowest BCUT2D eigenvalue weighted by atomic mass is 10.1. The normalized spacial score (nSPS) is 25.5. The first-order valence-corrected chi connectivity index (χ1v) is 9.26. The van der Waals surface area contributed by atoms with Crippen molar-refractivity contribution in [2.75, 3.05) is 13.2 Å². The predicted octanol–water partition coefficient (Wildman–Crippen LogP) is 3.23. The summed E-state index contributed by atoms with van der Waals surface area (Å²) in [7, 11) is 0. The Morgan fingerprint density at radius 2 is 2.12 bits per heavy atom. The van der Waals surface area contributed by atoms with Gasteiger partial charge < -0.3 is 14.8 Å². The Morgan fingerprint density at radius 1 is 1.27 bits per heavy atom. The van der Waals surface area contributed by atoms with E-state index >= 15 is 0 Å². The number of nitrogens with one attached hydrogen (secondary N) is 1. The van der Waals surface area contributed by atoms with E-state index in [1.54, 1.807) is 6.20 Å². The second-order valence-corrected chi connectivity index (χ2v) is 7.12. The summed E-state index contributed by atoms with van der Waals surface area (Å²) in [6.07, 6.45) is 3.70. The maximum absolute atomic E-state index is 12.5. The van der Waals surface area contributed by atoms with Crippen molar-refractivity contribution in [1.29, 1.82) is 0 Å². The summed E-state index contributed by atoms with van der Waals surface area (Å²) in [6, 6.07) is 14.0. The molecule has 2 aliphatic rings. The standard InChI is InChI=1S/C21H24N2O3/c1-14(16-7-8-20(22-12-16)26-17-9-10-25-13-17)23-21(24)19-11-18(19)15-5-3-2-4-6-15/h2-8,12,14,17-19H,9-11,13H2,1H3,(H,23,24). The van der Waals surface area contributed by atoms with E-state index in [1.807, 2.05) is 37.3 Å². The highest BCUT2D eigenvalue weighted by Crippen LogP contribution is 2.47. The fourth-order valence-corrected chi connectivity index (χ4v) is 3.45. The van der Waals surface area contributed by atoms with Crippen LogP contribution in [0.1, 0.15) is 42.9 Å². The second kappa shape index (κ2) is 7.46. The van der Waals surface area contributed by atoms with Crippen molar-refractivity contribution in [2.24, 2.45) is 5.92 Å². The molecule has 2 fully saturated rings. The SMILES string of the molecule is CC(NC(=O)C1CC1c1ccccc1)c1ccc(OC2CCOC2)nc1. The van der Waals surface area contributed by atoms with Gasteiger partial charge in [-0.3, -0.25) is 4.79 Å². The van der Waals surface area contributed by atoms with Crippen LogP contribution in [0.2, 0.25) is 0 Å². The molecule has 1 saturated carbocycles. The van der Waals surface area contributed by atoms with Crippen LogP contribution in [0.15, 0.2) is 48.7 Å². The number of pyridine rings is 1. The predicted molar refractivity (Wildman–Crippen MR) is 97.9 cm³/mol. The molecule has 4 unspecified atom stereocenters. The van der Waals surface area contributed by atoms with E-state index in [0.29, 0.717) is 18.4 Å². The molecule has 4 atom stereocenters. The zero-order valence-corrected chi connectivity index (χ0v) is 14.9. The second-order valence-electron chi connectivity index (χ2n) is 7.12. The zero-order valence-electron chi connectivity index (χ0n) is 14.9. The van der Waals surface area contributed by atoms with Crippen LogP contribution < -0.4 is 10.1 Å². The number of benzene rings is 1. The zero-order chi connectivity index (χ0) is 17.9. The highest BCUT2D eigenvalue weighted by atomic mass is 16.5. The Balaban J connectivity index is 1.30. The summed E-state index contributed by atoms with van der Waals surface area (Å²) in [5, 5.41) is 3.11. The van der Waals surface area contributed by atoms with Crippen LogP contribution in [0.4, 0.5) is 0 Å². The Morgan fingerprint density at radius 3 is 2.81 bits per heavy atom. The third kappa shape index (κ3) is 3.88. The maximum atomic E-state index is 12.5. The van der Waals surface area contributed by atoms with Gasteiger partial charge in [0.15, 0.2) is 0 Å². The molecule has 1 aliphatic heterocycles. The molecule has 1 N–H and O–H groups in total. The number of ether oxygens (including phenoxy) is 2. The quantitative estimate of drug-likeness (QED) is 0.867. The van der Waals surface area contributed by atoms with E-state index in [2.05, 4.69) is 22.4 Å². The molecule has 1 aromatic heterocycles. The summed E-state index contributed by atoms with van der Waals surface area (Å²) >= 11 is 0. The van der Waals surface area contributed by atoms with E-state index in [1.165, 1.54) is 5.56 Å². The highest BCUT2D eigenvalue weighted by Gasteiger charge is 2.44. The van der Waals surface area contributed by atoms with Gasteiger partial charge >= 0.3 is 0 Å². The molecule has 1 aliphatic carbocycles. The molecule has 136 valence electrons. The lowest BCUT2D eigenvalue weighted by molar-refractivity contribution is -0.123. The smallest absolute Gasteiger partial charge is 0.224 e. The van der Waals surface area contributed by atoms with Gasteiger partial charge in [0.2, 0.25) is 11.8 Å².